The minimum Gasteiger partial charge on any atom is -0.476 e. The number of hydrogen-bond donors (Lipinski definition) is 2. The molecule has 0 saturated heterocycles. The molecule has 1 aliphatic rings. The van der Waals surface area contributed by atoms with Gasteiger partial charge in [-0.2, -0.15) is 10.4 Å². The Kier molecular flexibility index (Phi) is 6.48. The summed E-state index contributed by atoms with van der Waals surface area (Å²) in [6.45, 7) is 4.10. The standard InChI is InChI=1S/C20H20ClN5O3S/c1-3-20(11-30-17(24-20)18(27)28)19(29)23-12(2)10-26-7-6-16(25-26)13-4-5-14(9-22)15(21)8-13/h4-8,12H,3,10-11H2,1-2H3,(H,23,29)(H,27,28)/t12?,20-/m0/s1. The van der Waals surface area contributed by atoms with Crippen LogP contribution in [0.2, 0.25) is 5.02 Å². The molecule has 2 atom stereocenters. The highest BCUT2D eigenvalue weighted by molar-refractivity contribution is 8.16. The van der Waals surface area contributed by atoms with Gasteiger partial charge in [0.2, 0.25) is 5.91 Å². The monoisotopic (exact) mass is 445 g/mol. The molecule has 10 heteroatoms. The predicted octanol–water partition coefficient (Wildman–Crippen LogP) is 2.96. The zero-order chi connectivity index (χ0) is 21.9. The Morgan fingerprint density at radius 1 is 1.47 bits per heavy atom. The van der Waals surface area contributed by atoms with Gasteiger partial charge in [0.25, 0.3) is 0 Å². The number of aliphatic carboxylic acids is 1. The summed E-state index contributed by atoms with van der Waals surface area (Å²) in [6.07, 6.45) is 2.21. The third-order valence-corrected chi connectivity index (χ3v) is 6.29. The zero-order valence-electron chi connectivity index (χ0n) is 16.4. The number of nitriles is 1. The van der Waals surface area contributed by atoms with Gasteiger partial charge in [0.15, 0.2) is 5.04 Å². The lowest BCUT2D eigenvalue weighted by molar-refractivity contribution is -0.129. The number of aliphatic imine (C=N–C) groups is 1. The van der Waals surface area contributed by atoms with E-state index in [1.165, 1.54) is 0 Å². The van der Waals surface area contributed by atoms with Crippen molar-refractivity contribution >= 4 is 40.3 Å². The summed E-state index contributed by atoms with van der Waals surface area (Å²) in [7, 11) is 0. The van der Waals surface area contributed by atoms with Crippen LogP contribution in [0.15, 0.2) is 35.5 Å². The van der Waals surface area contributed by atoms with Crippen LogP contribution < -0.4 is 5.32 Å². The number of carbonyl (C=O) groups excluding carboxylic acids is 1. The van der Waals surface area contributed by atoms with E-state index >= 15 is 0 Å². The van der Waals surface area contributed by atoms with Crippen molar-refractivity contribution in [3.8, 4) is 17.3 Å². The highest BCUT2D eigenvalue weighted by atomic mass is 35.5. The van der Waals surface area contributed by atoms with Crippen molar-refractivity contribution in [2.75, 3.05) is 5.75 Å². The van der Waals surface area contributed by atoms with Crippen LogP contribution in [0.5, 0.6) is 0 Å². The molecule has 2 aromatic rings. The molecule has 0 saturated carbocycles. The molecular formula is C20H20ClN5O3S. The second-order valence-electron chi connectivity index (χ2n) is 7.00. The Balaban J connectivity index is 1.66. The first-order valence-corrected chi connectivity index (χ1v) is 10.6. The normalized spacial score (nSPS) is 19.1. The summed E-state index contributed by atoms with van der Waals surface area (Å²) in [5.41, 5.74) is 0.840. The van der Waals surface area contributed by atoms with E-state index in [0.717, 1.165) is 17.3 Å². The number of thioether (sulfide) groups is 1. The van der Waals surface area contributed by atoms with Crippen molar-refractivity contribution in [1.29, 1.82) is 5.26 Å². The molecule has 2 heterocycles. The van der Waals surface area contributed by atoms with Crippen LogP contribution in [0, 0.1) is 11.3 Å². The zero-order valence-corrected chi connectivity index (χ0v) is 18.0. The molecule has 1 amide bonds. The molecule has 0 bridgehead atoms. The van der Waals surface area contributed by atoms with Crippen LogP contribution >= 0.6 is 23.4 Å². The van der Waals surface area contributed by atoms with Gasteiger partial charge in [-0.15, -0.1) is 0 Å². The quantitative estimate of drug-likeness (QED) is 0.675. The van der Waals surface area contributed by atoms with Crippen molar-refractivity contribution in [2.45, 2.75) is 38.4 Å². The van der Waals surface area contributed by atoms with Crippen molar-refractivity contribution in [2.24, 2.45) is 4.99 Å². The number of nitrogens with zero attached hydrogens (tertiary/aromatic N) is 4. The fraction of sp³-hybridized carbons (Fsp3) is 0.350. The summed E-state index contributed by atoms with van der Waals surface area (Å²) in [5.74, 6) is -1.08. The lowest BCUT2D eigenvalue weighted by Gasteiger charge is -2.25. The average molecular weight is 446 g/mol. The molecule has 1 aromatic carbocycles. The fourth-order valence-electron chi connectivity index (χ4n) is 3.08. The van der Waals surface area contributed by atoms with Gasteiger partial charge in [-0.1, -0.05) is 36.4 Å². The topological polar surface area (TPSA) is 120 Å². The van der Waals surface area contributed by atoms with Gasteiger partial charge in [0.1, 0.15) is 11.6 Å². The maximum Gasteiger partial charge on any atom is 0.360 e. The Bertz CT molecular complexity index is 1060. The molecule has 30 heavy (non-hydrogen) atoms. The van der Waals surface area contributed by atoms with E-state index < -0.39 is 11.5 Å². The highest BCUT2D eigenvalue weighted by Crippen LogP contribution is 2.31. The molecule has 1 unspecified atom stereocenters. The van der Waals surface area contributed by atoms with Gasteiger partial charge in [-0.25, -0.2) is 4.79 Å². The van der Waals surface area contributed by atoms with E-state index in [-0.39, 0.29) is 17.0 Å². The number of carboxylic acid groups (broad SMARTS) is 1. The molecule has 0 radical (unpaired) electrons. The molecule has 1 aliphatic heterocycles. The van der Waals surface area contributed by atoms with Gasteiger partial charge < -0.3 is 10.4 Å². The third-order valence-electron chi connectivity index (χ3n) is 4.82. The maximum absolute atomic E-state index is 12.8. The molecule has 8 nitrogen and oxygen atoms in total. The number of aromatic nitrogens is 2. The van der Waals surface area contributed by atoms with Crippen LogP contribution in [0.1, 0.15) is 25.8 Å². The van der Waals surface area contributed by atoms with Crippen LogP contribution in [0.25, 0.3) is 11.3 Å². The Morgan fingerprint density at radius 3 is 2.83 bits per heavy atom. The van der Waals surface area contributed by atoms with Crippen molar-refractivity contribution in [1.82, 2.24) is 15.1 Å². The summed E-state index contributed by atoms with van der Waals surface area (Å²) in [5, 5.41) is 25.9. The molecule has 0 aliphatic carbocycles. The molecule has 156 valence electrons. The SMILES string of the molecule is CC[C@@]1(C(=O)NC(C)Cn2ccc(-c3ccc(C#N)c(Cl)c3)n2)CSC(C(=O)O)=N1. The van der Waals surface area contributed by atoms with Crippen molar-refractivity contribution in [3.63, 3.8) is 0 Å². The van der Waals surface area contributed by atoms with E-state index in [2.05, 4.69) is 15.4 Å². The molecule has 0 spiro atoms. The van der Waals surface area contributed by atoms with Crippen molar-refractivity contribution in [3.05, 3.63) is 41.0 Å². The molecule has 2 N–H and O–H groups in total. The van der Waals surface area contributed by atoms with Crippen molar-refractivity contribution < 1.29 is 14.7 Å². The number of carbonyl (C=O) groups is 2. The molecule has 3 rings (SSSR count). The lowest BCUT2D eigenvalue weighted by atomic mass is 9.98. The fourth-order valence-corrected chi connectivity index (χ4v) is 4.44. The van der Waals surface area contributed by atoms with Gasteiger partial charge in [0, 0.05) is 23.6 Å². The second kappa shape index (κ2) is 8.90. The number of benzene rings is 1. The number of nitrogens with one attached hydrogen (secondary N) is 1. The van der Waals surface area contributed by atoms with Gasteiger partial charge in [-0.05, 0) is 31.5 Å². The number of amides is 1. The van der Waals surface area contributed by atoms with E-state index in [1.807, 2.05) is 26.0 Å². The average Bonchev–Trinajstić information content (AvgIpc) is 3.35. The van der Waals surface area contributed by atoms with Crippen LogP contribution in [-0.4, -0.2) is 49.1 Å². The second-order valence-corrected chi connectivity index (χ2v) is 8.37. The highest BCUT2D eigenvalue weighted by Gasteiger charge is 2.43. The number of hydrogen-bond acceptors (Lipinski definition) is 6. The summed E-state index contributed by atoms with van der Waals surface area (Å²) in [6, 6.07) is 8.73. The largest absolute Gasteiger partial charge is 0.476 e. The van der Waals surface area contributed by atoms with Gasteiger partial charge in [-0.3, -0.25) is 14.5 Å². The third kappa shape index (κ3) is 4.50. The lowest BCUT2D eigenvalue weighted by Crippen LogP contribution is -2.49. The Hall–Kier alpha value is -2.83. The maximum atomic E-state index is 12.8. The first-order valence-electron chi connectivity index (χ1n) is 9.28. The summed E-state index contributed by atoms with van der Waals surface area (Å²) < 4.78 is 1.71. The number of carboxylic acids is 1. The predicted molar refractivity (Wildman–Crippen MR) is 116 cm³/mol. The minimum atomic E-state index is -1.11. The van der Waals surface area contributed by atoms with E-state index in [0.29, 0.717) is 35.0 Å². The van der Waals surface area contributed by atoms with Gasteiger partial charge in [0.05, 0.1) is 22.8 Å². The Morgan fingerprint density at radius 2 is 2.23 bits per heavy atom. The first-order chi connectivity index (χ1) is 14.3. The van der Waals surface area contributed by atoms with Crippen LogP contribution in [0.3, 0.4) is 0 Å². The van der Waals surface area contributed by atoms with Crippen LogP contribution in [0.4, 0.5) is 0 Å². The molecule has 1 aromatic heterocycles. The minimum absolute atomic E-state index is 0.0301. The van der Waals surface area contributed by atoms with E-state index in [9.17, 15) is 9.59 Å². The van der Waals surface area contributed by atoms with E-state index in [1.54, 1.807) is 29.1 Å². The molecule has 0 fully saturated rings. The van der Waals surface area contributed by atoms with E-state index in [4.69, 9.17) is 22.0 Å². The molecular weight excluding hydrogens is 426 g/mol. The summed E-state index contributed by atoms with van der Waals surface area (Å²) >= 11 is 7.18. The van der Waals surface area contributed by atoms with Crippen LogP contribution in [-0.2, 0) is 16.1 Å². The smallest absolute Gasteiger partial charge is 0.360 e. The first kappa shape index (κ1) is 21.9. The Labute approximate surface area is 182 Å². The number of rotatable bonds is 7. The summed E-state index contributed by atoms with van der Waals surface area (Å²) in [4.78, 5) is 28.1. The van der Waals surface area contributed by atoms with Gasteiger partial charge >= 0.3 is 5.97 Å². The number of halogens is 1.